The Morgan fingerprint density at radius 3 is 2.54 bits per heavy atom. The molecule has 138 valence electrons. The first-order valence-electron chi connectivity index (χ1n) is 9.24. The fraction of sp³-hybridized carbons (Fsp3) is 0.409. The van der Waals surface area contributed by atoms with Crippen molar-refractivity contribution in [3.8, 4) is 0 Å². The van der Waals surface area contributed by atoms with Gasteiger partial charge < -0.3 is 15.0 Å². The predicted molar refractivity (Wildman–Crippen MR) is 105 cm³/mol. The first-order chi connectivity index (χ1) is 12.4. The average molecular weight is 352 g/mol. The van der Waals surface area contributed by atoms with Crippen LogP contribution in [0.3, 0.4) is 0 Å². The summed E-state index contributed by atoms with van der Waals surface area (Å²) in [6.07, 6.45) is 0.628. The summed E-state index contributed by atoms with van der Waals surface area (Å²) in [5.74, 6) is 0.362. The molecule has 0 saturated heterocycles. The zero-order valence-electron chi connectivity index (χ0n) is 15.9. The van der Waals surface area contributed by atoms with E-state index in [2.05, 4.69) is 58.7 Å². The highest BCUT2D eigenvalue weighted by Crippen LogP contribution is 2.30. The lowest BCUT2D eigenvalue weighted by atomic mass is 9.92. The monoisotopic (exact) mass is 352 g/mol. The maximum atomic E-state index is 12.0. The van der Waals surface area contributed by atoms with Gasteiger partial charge in [-0.05, 0) is 50.3 Å². The fourth-order valence-corrected chi connectivity index (χ4v) is 3.41. The van der Waals surface area contributed by atoms with Crippen molar-refractivity contribution in [2.45, 2.75) is 39.3 Å². The van der Waals surface area contributed by atoms with Gasteiger partial charge in [0.15, 0.2) is 0 Å². The molecule has 2 aromatic rings. The molecular weight excluding hydrogens is 324 g/mol. The minimum absolute atomic E-state index is 0.342. The second-order valence-corrected chi connectivity index (χ2v) is 7.95. The van der Waals surface area contributed by atoms with Gasteiger partial charge in [0.1, 0.15) is 5.60 Å². The average Bonchev–Trinajstić information content (AvgIpc) is 2.59. The lowest BCUT2D eigenvalue weighted by Crippen LogP contribution is -2.42. The summed E-state index contributed by atoms with van der Waals surface area (Å²) in [5.41, 5.74) is 3.46. The first-order valence-corrected chi connectivity index (χ1v) is 9.24. The first kappa shape index (κ1) is 18.3. The van der Waals surface area contributed by atoms with Gasteiger partial charge in [0, 0.05) is 25.3 Å². The number of benzene rings is 2. The van der Waals surface area contributed by atoms with Crippen molar-refractivity contribution >= 4 is 11.8 Å². The number of alkyl carbamates (subject to hydrolysis) is 1. The van der Waals surface area contributed by atoms with Gasteiger partial charge >= 0.3 is 6.09 Å². The number of fused-ring (bicyclic) bond motifs is 1. The smallest absolute Gasteiger partial charge is 0.407 e. The van der Waals surface area contributed by atoms with Gasteiger partial charge in [-0.15, -0.1) is 0 Å². The third-order valence-electron chi connectivity index (χ3n) is 4.47. The summed E-state index contributed by atoms with van der Waals surface area (Å²) in [6.45, 7) is 8.05. The van der Waals surface area contributed by atoms with E-state index in [1.54, 1.807) is 0 Å². The van der Waals surface area contributed by atoms with Crippen LogP contribution in [0.25, 0.3) is 0 Å². The highest BCUT2D eigenvalue weighted by molar-refractivity contribution is 5.67. The third-order valence-corrected chi connectivity index (χ3v) is 4.47. The highest BCUT2D eigenvalue weighted by Gasteiger charge is 2.25. The Morgan fingerprint density at radius 1 is 1.12 bits per heavy atom. The molecule has 0 radical (unpaired) electrons. The number of amides is 1. The second-order valence-electron chi connectivity index (χ2n) is 7.95. The summed E-state index contributed by atoms with van der Waals surface area (Å²) >= 11 is 0. The van der Waals surface area contributed by atoms with E-state index in [-0.39, 0.29) is 6.09 Å². The lowest BCUT2D eigenvalue weighted by Gasteiger charge is -2.36. The molecule has 4 nitrogen and oxygen atoms in total. The number of nitrogens with one attached hydrogen (secondary N) is 1. The molecule has 1 aliphatic rings. The summed E-state index contributed by atoms with van der Waals surface area (Å²) < 4.78 is 5.36. The van der Waals surface area contributed by atoms with Gasteiger partial charge in [-0.1, -0.05) is 48.5 Å². The molecule has 0 bridgehead atoms. The molecule has 2 aromatic carbocycles. The van der Waals surface area contributed by atoms with Crippen LogP contribution in [0, 0.1) is 5.92 Å². The number of anilines is 1. The normalized spacial score (nSPS) is 16.7. The fourth-order valence-electron chi connectivity index (χ4n) is 3.41. The molecule has 4 heteroatoms. The number of para-hydroxylation sites is 1. The molecule has 26 heavy (non-hydrogen) atoms. The number of carbonyl (C=O) groups excluding carboxylic acids is 1. The van der Waals surface area contributed by atoms with E-state index in [1.807, 2.05) is 26.8 Å². The number of nitrogens with zero attached hydrogens (tertiary/aromatic N) is 1. The quantitative estimate of drug-likeness (QED) is 0.887. The van der Waals surface area contributed by atoms with E-state index in [9.17, 15) is 4.79 Å². The summed E-state index contributed by atoms with van der Waals surface area (Å²) in [4.78, 5) is 14.4. The largest absolute Gasteiger partial charge is 0.444 e. The van der Waals surface area contributed by atoms with E-state index in [0.29, 0.717) is 12.5 Å². The van der Waals surface area contributed by atoms with E-state index < -0.39 is 5.60 Å². The summed E-state index contributed by atoms with van der Waals surface area (Å²) in [7, 11) is 0. The Balaban J connectivity index is 1.67. The predicted octanol–water partition coefficient (Wildman–Crippen LogP) is 4.39. The molecule has 0 saturated carbocycles. The Kier molecular flexibility index (Phi) is 5.50. The molecule has 3 rings (SSSR count). The summed E-state index contributed by atoms with van der Waals surface area (Å²) in [5, 5.41) is 2.94. The van der Waals surface area contributed by atoms with Crippen LogP contribution >= 0.6 is 0 Å². The molecule has 1 amide bonds. The van der Waals surface area contributed by atoms with Gasteiger partial charge in [0.05, 0.1) is 0 Å². The molecule has 1 aliphatic heterocycles. The number of hydrogen-bond donors (Lipinski definition) is 1. The Bertz CT molecular complexity index is 737. The molecule has 0 spiro atoms. The Morgan fingerprint density at radius 2 is 1.81 bits per heavy atom. The zero-order valence-corrected chi connectivity index (χ0v) is 15.9. The van der Waals surface area contributed by atoms with Crippen LogP contribution in [-0.4, -0.2) is 24.8 Å². The molecule has 0 aromatic heterocycles. The lowest BCUT2D eigenvalue weighted by molar-refractivity contribution is 0.0519. The van der Waals surface area contributed by atoms with Crippen LogP contribution in [0.1, 0.15) is 31.9 Å². The van der Waals surface area contributed by atoms with Crippen molar-refractivity contribution in [2.75, 3.05) is 18.0 Å². The molecule has 0 aliphatic carbocycles. The maximum absolute atomic E-state index is 12.0. The Hall–Kier alpha value is -2.49. The van der Waals surface area contributed by atoms with Crippen molar-refractivity contribution in [3.63, 3.8) is 0 Å². The van der Waals surface area contributed by atoms with E-state index in [1.165, 1.54) is 16.8 Å². The summed E-state index contributed by atoms with van der Waals surface area (Å²) in [6, 6.07) is 19.1. The molecule has 1 atom stereocenters. The van der Waals surface area contributed by atoms with Crippen LogP contribution in [0.15, 0.2) is 54.6 Å². The maximum Gasteiger partial charge on any atom is 0.407 e. The number of rotatable bonds is 4. The second kappa shape index (κ2) is 7.81. The van der Waals surface area contributed by atoms with Crippen LogP contribution in [0.4, 0.5) is 10.5 Å². The number of carbonyl (C=O) groups is 1. The van der Waals surface area contributed by atoms with Crippen LogP contribution in [0.2, 0.25) is 0 Å². The Labute approximate surface area is 156 Å². The molecule has 0 unspecified atom stereocenters. The molecule has 1 N–H and O–H groups in total. The SMILES string of the molecule is CC(C)(C)OC(=O)NC[C@@H]1Cc2ccccc2N(Cc2ccccc2)C1. The molecular formula is C22H28N2O2. The third kappa shape index (κ3) is 5.01. The van der Waals surface area contributed by atoms with Crippen molar-refractivity contribution in [2.24, 2.45) is 5.92 Å². The van der Waals surface area contributed by atoms with Gasteiger partial charge in [-0.2, -0.15) is 0 Å². The zero-order chi connectivity index (χ0) is 18.6. The number of hydrogen-bond acceptors (Lipinski definition) is 3. The van der Waals surface area contributed by atoms with Gasteiger partial charge in [0.2, 0.25) is 0 Å². The van der Waals surface area contributed by atoms with Crippen molar-refractivity contribution in [1.29, 1.82) is 0 Å². The van der Waals surface area contributed by atoms with Gasteiger partial charge in [0.25, 0.3) is 0 Å². The van der Waals surface area contributed by atoms with E-state index >= 15 is 0 Å². The van der Waals surface area contributed by atoms with Gasteiger partial charge in [-0.3, -0.25) is 0 Å². The minimum Gasteiger partial charge on any atom is -0.444 e. The van der Waals surface area contributed by atoms with Crippen molar-refractivity contribution < 1.29 is 9.53 Å². The van der Waals surface area contributed by atoms with Crippen LogP contribution in [0.5, 0.6) is 0 Å². The van der Waals surface area contributed by atoms with E-state index in [4.69, 9.17) is 4.74 Å². The minimum atomic E-state index is -0.470. The van der Waals surface area contributed by atoms with Crippen molar-refractivity contribution in [1.82, 2.24) is 5.32 Å². The van der Waals surface area contributed by atoms with Crippen molar-refractivity contribution in [3.05, 3.63) is 65.7 Å². The van der Waals surface area contributed by atoms with Gasteiger partial charge in [-0.25, -0.2) is 4.79 Å². The highest BCUT2D eigenvalue weighted by atomic mass is 16.6. The molecule has 0 fully saturated rings. The molecule has 1 heterocycles. The standard InChI is InChI=1S/C22H28N2O2/c1-22(2,3)26-21(25)23-14-18-13-19-11-7-8-12-20(19)24(16-18)15-17-9-5-4-6-10-17/h4-12,18H,13-16H2,1-3H3,(H,23,25)/t18-/m0/s1. The van der Waals surface area contributed by atoms with E-state index in [0.717, 1.165) is 19.5 Å². The topological polar surface area (TPSA) is 41.6 Å². The van der Waals surface area contributed by atoms with Crippen LogP contribution in [-0.2, 0) is 17.7 Å². The van der Waals surface area contributed by atoms with Crippen LogP contribution < -0.4 is 10.2 Å². The number of ether oxygens (including phenoxy) is 1.